The van der Waals surface area contributed by atoms with Crippen LogP contribution in [0, 0.1) is 11.7 Å². The van der Waals surface area contributed by atoms with E-state index >= 15 is 0 Å². The van der Waals surface area contributed by atoms with Crippen molar-refractivity contribution in [3.8, 4) is 0 Å². The van der Waals surface area contributed by atoms with E-state index in [1.807, 2.05) is 0 Å². The number of alkyl halides is 2. The number of hydrogen-bond donors (Lipinski definition) is 1. The lowest BCUT2D eigenvalue weighted by molar-refractivity contribution is 0.257. The molecule has 3 rings (SSSR count). The van der Waals surface area contributed by atoms with Crippen molar-refractivity contribution < 1.29 is 13.2 Å². The molecule has 0 radical (unpaired) electrons. The first-order valence-corrected chi connectivity index (χ1v) is 7.70. The molecular formula is C13H12BrF3N2S. The second-order valence-corrected chi connectivity index (χ2v) is 7.54. The summed E-state index contributed by atoms with van der Waals surface area (Å²) in [6.45, 7) is -1.51. The lowest BCUT2D eigenvalue weighted by Gasteiger charge is -2.34. The summed E-state index contributed by atoms with van der Waals surface area (Å²) in [6, 6.07) is 4.29. The summed E-state index contributed by atoms with van der Waals surface area (Å²) in [5, 5.41) is 0.119. The second-order valence-electron chi connectivity index (χ2n) is 5.19. The highest BCUT2D eigenvalue weighted by Crippen LogP contribution is 2.66. The van der Waals surface area contributed by atoms with Crippen LogP contribution in [0.3, 0.4) is 0 Å². The van der Waals surface area contributed by atoms with Gasteiger partial charge in [0.1, 0.15) is 24.7 Å². The van der Waals surface area contributed by atoms with Gasteiger partial charge in [-0.15, -0.1) is 0 Å². The average molecular weight is 365 g/mol. The maximum absolute atomic E-state index is 14.1. The van der Waals surface area contributed by atoms with E-state index in [4.69, 9.17) is 5.73 Å². The number of amidine groups is 1. The molecule has 1 aromatic rings. The average Bonchev–Trinajstić information content (AvgIpc) is 3.16. The van der Waals surface area contributed by atoms with Crippen molar-refractivity contribution in [3.05, 3.63) is 34.1 Å². The molecule has 3 atom stereocenters. The van der Waals surface area contributed by atoms with Crippen molar-refractivity contribution in [2.24, 2.45) is 16.6 Å². The predicted octanol–water partition coefficient (Wildman–Crippen LogP) is 3.54. The van der Waals surface area contributed by atoms with E-state index in [9.17, 15) is 13.2 Å². The Hall–Kier alpha value is -0.690. The molecule has 7 heteroatoms. The van der Waals surface area contributed by atoms with Crippen molar-refractivity contribution >= 4 is 32.9 Å². The van der Waals surface area contributed by atoms with Crippen LogP contribution in [0.25, 0.3) is 0 Å². The molecule has 1 fully saturated rings. The summed E-state index contributed by atoms with van der Waals surface area (Å²) in [5.41, 5.74) is 4.46. The second kappa shape index (κ2) is 4.66. The zero-order valence-electron chi connectivity index (χ0n) is 10.4. The van der Waals surface area contributed by atoms with E-state index in [0.717, 1.165) is 11.8 Å². The van der Waals surface area contributed by atoms with E-state index < -0.39 is 29.5 Å². The summed E-state index contributed by atoms with van der Waals surface area (Å²) < 4.78 is 41.1. The summed E-state index contributed by atoms with van der Waals surface area (Å²) >= 11 is 4.38. The molecule has 0 bridgehead atoms. The molecule has 2 nitrogen and oxygen atoms in total. The van der Waals surface area contributed by atoms with Crippen LogP contribution in [0.4, 0.5) is 13.2 Å². The van der Waals surface area contributed by atoms with Crippen molar-refractivity contribution in [3.63, 3.8) is 0 Å². The largest absolute Gasteiger partial charge is 0.378 e. The normalized spacial score (nSPS) is 35.4. The molecule has 0 saturated heterocycles. The molecule has 1 aromatic carbocycles. The number of fused-ring (bicyclic) bond motifs is 1. The third kappa shape index (κ3) is 1.89. The fraction of sp³-hybridized carbons (Fsp3) is 0.462. The Labute approximate surface area is 127 Å². The molecule has 0 unspecified atom stereocenters. The lowest BCUT2D eigenvalue weighted by Crippen LogP contribution is -2.40. The Morgan fingerprint density at radius 1 is 1.40 bits per heavy atom. The molecule has 1 aliphatic carbocycles. The minimum Gasteiger partial charge on any atom is -0.378 e. The molecule has 0 spiro atoms. The maximum Gasteiger partial charge on any atom is 0.155 e. The van der Waals surface area contributed by atoms with Gasteiger partial charge < -0.3 is 5.73 Å². The Bertz CT molecular complexity index is 597. The van der Waals surface area contributed by atoms with Crippen molar-refractivity contribution in [2.45, 2.75) is 16.7 Å². The lowest BCUT2D eigenvalue weighted by atomic mass is 9.85. The number of halogens is 4. The quantitative estimate of drug-likeness (QED) is 0.890. The number of nitrogens with zero attached hydrogens (tertiary/aromatic N) is 1. The molecule has 20 heavy (non-hydrogen) atoms. The van der Waals surface area contributed by atoms with E-state index in [1.54, 1.807) is 0 Å². The fourth-order valence-corrected chi connectivity index (χ4v) is 4.58. The van der Waals surface area contributed by atoms with Crippen LogP contribution in [0.1, 0.15) is 12.0 Å². The molecule has 1 saturated carbocycles. The molecule has 2 N–H and O–H groups in total. The van der Waals surface area contributed by atoms with Gasteiger partial charge in [-0.2, -0.15) is 0 Å². The van der Waals surface area contributed by atoms with Crippen LogP contribution in [0.5, 0.6) is 0 Å². The standard InChI is InChI=1S/C13H12BrF3N2S/c14-7-1-2-9(17)8(3-7)13(6-16)10-4-12(10,5-15)20-11(18)19-13/h1-3,10H,4-6H2,(H2,18,19)/t10-,12-,13-/m1/s1. The van der Waals surface area contributed by atoms with Crippen LogP contribution in [-0.4, -0.2) is 23.3 Å². The summed E-state index contributed by atoms with van der Waals surface area (Å²) in [7, 11) is 0. The number of rotatable bonds is 3. The van der Waals surface area contributed by atoms with Gasteiger partial charge in [0.15, 0.2) is 5.17 Å². The van der Waals surface area contributed by atoms with Crippen LogP contribution in [0.15, 0.2) is 27.7 Å². The molecule has 1 heterocycles. The van der Waals surface area contributed by atoms with Gasteiger partial charge in [0.2, 0.25) is 0 Å². The monoisotopic (exact) mass is 364 g/mol. The van der Waals surface area contributed by atoms with E-state index in [0.29, 0.717) is 10.9 Å². The van der Waals surface area contributed by atoms with Crippen molar-refractivity contribution in [1.29, 1.82) is 0 Å². The van der Waals surface area contributed by atoms with Crippen LogP contribution in [0.2, 0.25) is 0 Å². The first kappa shape index (κ1) is 14.3. The predicted molar refractivity (Wildman–Crippen MR) is 77.8 cm³/mol. The van der Waals surface area contributed by atoms with Gasteiger partial charge in [-0.05, 0) is 24.6 Å². The van der Waals surface area contributed by atoms with E-state index in [1.165, 1.54) is 18.2 Å². The van der Waals surface area contributed by atoms with Crippen molar-refractivity contribution in [2.75, 3.05) is 13.3 Å². The van der Waals surface area contributed by atoms with Gasteiger partial charge in [-0.3, -0.25) is 0 Å². The first-order valence-electron chi connectivity index (χ1n) is 6.09. The molecular weight excluding hydrogens is 353 g/mol. The Kier molecular flexibility index (Phi) is 3.32. The van der Waals surface area contributed by atoms with Gasteiger partial charge >= 0.3 is 0 Å². The number of nitrogens with two attached hydrogens (primary N) is 1. The Morgan fingerprint density at radius 3 is 2.80 bits per heavy atom. The van der Waals surface area contributed by atoms with Crippen LogP contribution >= 0.6 is 27.7 Å². The van der Waals surface area contributed by atoms with Gasteiger partial charge in [0, 0.05) is 16.0 Å². The number of hydrogen-bond acceptors (Lipinski definition) is 3. The van der Waals surface area contributed by atoms with Gasteiger partial charge in [0.05, 0.1) is 4.75 Å². The van der Waals surface area contributed by atoms with Crippen LogP contribution in [-0.2, 0) is 5.54 Å². The van der Waals surface area contributed by atoms with Gasteiger partial charge in [0.25, 0.3) is 0 Å². The molecule has 0 aromatic heterocycles. The van der Waals surface area contributed by atoms with E-state index in [2.05, 4.69) is 20.9 Å². The third-order valence-electron chi connectivity index (χ3n) is 4.04. The highest BCUT2D eigenvalue weighted by molar-refractivity contribution is 9.10. The number of thioether (sulfide) groups is 1. The topological polar surface area (TPSA) is 38.4 Å². The Balaban J connectivity index is 2.17. The highest BCUT2D eigenvalue weighted by Gasteiger charge is 2.68. The smallest absolute Gasteiger partial charge is 0.155 e. The minimum atomic E-state index is -1.41. The molecule has 108 valence electrons. The van der Waals surface area contributed by atoms with E-state index in [-0.39, 0.29) is 16.6 Å². The number of aliphatic imine (C=N–C) groups is 1. The van der Waals surface area contributed by atoms with Crippen LogP contribution < -0.4 is 5.73 Å². The highest BCUT2D eigenvalue weighted by atomic mass is 79.9. The van der Waals surface area contributed by atoms with Gasteiger partial charge in [-0.25, -0.2) is 18.2 Å². The summed E-state index contributed by atoms with van der Waals surface area (Å²) in [4.78, 5) is 4.17. The summed E-state index contributed by atoms with van der Waals surface area (Å²) in [5.74, 6) is -0.917. The fourth-order valence-electron chi connectivity index (χ4n) is 2.96. The minimum absolute atomic E-state index is 0.119. The third-order valence-corrected chi connectivity index (χ3v) is 5.80. The van der Waals surface area contributed by atoms with Crippen molar-refractivity contribution in [1.82, 2.24) is 0 Å². The molecule has 1 aliphatic heterocycles. The number of benzene rings is 1. The first-order chi connectivity index (χ1) is 9.47. The molecule has 0 amide bonds. The zero-order valence-corrected chi connectivity index (χ0v) is 12.8. The SMILES string of the molecule is NC1=N[C@](CF)(c2cc(Br)ccc2F)[C@@H]2C[C@]2(CF)S1. The zero-order chi connectivity index (χ0) is 14.5. The van der Waals surface area contributed by atoms with Gasteiger partial charge in [-0.1, -0.05) is 27.7 Å². The summed E-state index contributed by atoms with van der Waals surface area (Å²) in [6.07, 6.45) is 0.453. The Morgan fingerprint density at radius 2 is 2.15 bits per heavy atom. The molecule has 2 aliphatic rings. The maximum atomic E-state index is 14.1.